The van der Waals surface area contributed by atoms with E-state index in [0.29, 0.717) is 35.3 Å². The van der Waals surface area contributed by atoms with E-state index in [4.69, 9.17) is 9.47 Å². The van der Waals surface area contributed by atoms with Gasteiger partial charge in [-0.25, -0.2) is 9.79 Å². The number of esters is 1. The second-order valence-corrected chi connectivity index (χ2v) is 9.89. The van der Waals surface area contributed by atoms with E-state index in [2.05, 4.69) is 15.4 Å². The van der Waals surface area contributed by atoms with Crippen LogP contribution < -0.4 is 5.32 Å². The van der Waals surface area contributed by atoms with Crippen molar-refractivity contribution in [2.24, 2.45) is 12.0 Å². The molecule has 0 atom stereocenters. The topological polar surface area (TPSA) is 115 Å². The maximum absolute atomic E-state index is 13.0. The summed E-state index contributed by atoms with van der Waals surface area (Å²) in [5.41, 5.74) is 2.21. The fourth-order valence-electron chi connectivity index (χ4n) is 3.33. The lowest BCUT2D eigenvalue weighted by atomic mass is 10.1. The van der Waals surface area contributed by atoms with E-state index in [0.717, 1.165) is 16.0 Å². The Morgan fingerprint density at radius 2 is 2.09 bits per heavy atom. The zero-order valence-electron chi connectivity index (χ0n) is 20.4. The van der Waals surface area contributed by atoms with Gasteiger partial charge in [0.2, 0.25) is 5.91 Å². The number of carbonyl (C=O) groups is 3. The molecule has 3 heterocycles. The highest BCUT2D eigenvalue weighted by Gasteiger charge is 2.31. The van der Waals surface area contributed by atoms with Crippen molar-refractivity contribution in [2.75, 3.05) is 37.9 Å². The molecule has 0 spiro atoms. The molecule has 0 saturated heterocycles. The van der Waals surface area contributed by atoms with E-state index in [1.165, 1.54) is 23.1 Å². The Morgan fingerprint density at radius 3 is 2.74 bits per heavy atom. The van der Waals surface area contributed by atoms with Crippen LogP contribution in [0.2, 0.25) is 0 Å². The summed E-state index contributed by atoms with van der Waals surface area (Å²) in [6.07, 6.45) is 5.74. The van der Waals surface area contributed by atoms with E-state index in [-0.39, 0.29) is 29.9 Å². The number of aryl methyl sites for hydroxylation is 2. The van der Waals surface area contributed by atoms with Crippen LogP contribution in [0, 0.1) is 13.8 Å². The number of amides is 2. The van der Waals surface area contributed by atoms with Crippen molar-refractivity contribution in [3.8, 4) is 0 Å². The molecule has 35 heavy (non-hydrogen) atoms. The van der Waals surface area contributed by atoms with E-state index >= 15 is 0 Å². The summed E-state index contributed by atoms with van der Waals surface area (Å²) in [6, 6.07) is 0. The van der Waals surface area contributed by atoms with Crippen LogP contribution in [-0.2, 0) is 26.1 Å². The zero-order chi connectivity index (χ0) is 25.5. The average molecular weight is 520 g/mol. The first-order chi connectivity index (χ1) is 16.7. The molecule has 0 aromatic carbocycles. The summed E-state index contributed by atoms with van der Waals surface area (Å²) < 4.78 is 11.9. The molecule has 3 rings (SSSR count). The van der Waals surface area contributed by atoms with Crippen LogP contribution in [-0.4, -0.2) is 70.3 Å². The van der Waals surface area contributed by atoms with E-state index in [1.807, 2.05) is 13.8 Å². The summed E-state index contributed by atoms with van der Waals surface area (Å²) >= 11 is 2.50. The van der Waals surface area contributed by atoms with E-state index in [1.54, 1.807) is 49.1 Å². The first kappa shape index (κ1) is 26.6. The molecule has 0 saturated carbocycles. The van der Waals surface area contributed by atoms with Crippen LogP contribution in [0.4, 0.5) is 5.00 Å². The smallest absolute Gasteiger partial charge is 0.341 e. The van der Waals surface area contributed by atoms with Gasteiger partial charge in [0, 0.05) is 43.9 Å². The predicted molar refractivity (Wildman–Crippen MR) is 138 cm³/mol. The highest BCUT2D eigenvalue weighted by atomic mass is 32.2. The summed E-state index contributed by atoms with van der Waals surface area (Å²) in [5, 5.41) is 7.84. The number of nitrogens with one attached hydrogen (secondary N) is 1. The highest BCUT2D eigenvalue weighted by molar-refractivity contribution is 8.14. The number of hydrogen-bond acceptors (Lipinski definition) is 9. The number of nitrogens with zero attached hydrogens (tertiary/aromatic N) is 4. The Morgan fingerprint density at radius 1 is 1.31 bits per heavy atom. The standard InChI is InChI=1S/C23H29N5O5S2/c1-6-33-22(31)19-14(2)15(3)35-20(19)26-18(29)13-34-23-25-17(10-16-11-24-27(4)12-16)21(30)28(23)8-7-9-32-5/h10-12H,6-9,13H2,1-5H3,(H,26,29)/b17-10+. The fraction of sp³-hybridized carbons (Fsp3) is 0.435. The van der Waals surface area contributed by atoms with Gasteiger partial charge in [0.15, 0.2) is 5.17 Å². The Balaban J connectivity index is 1.73. The van der Waals surface area contributed by atoms with Gasteiger partial charge in [-0.15, -0.1) is 11.3 Å². The van der Waals surface area contributed by atoms with Crippen molar-refractivity contribution in [3.05, 3.63) is 39.7 Å². The third-order valence-corrected chi connectivity index (χ3v) is 7.22. The van der Waals surface area contributed by atoms with Gasteiger partial charge < -0.3 is 14.8 Å². The molecule has 2 aromatic rings. The summed E-state index contributed by atoms with van der Waals surface area (Å²) in [6.45, 7) is 6.62. The Hall–Kier alpha value is -2.96. The lowest BCUT2D eigenvalue weighted by molar-refractivity contribution is -0.122. The molecule has 0 aliphatic carbocycles. The van der Waals surface area contributed by atoms with Gasteiger partial charge in [0.1, 0.15) is 10.7 Å². The van der Waals surface area contributed by atoms with Crippen molar-refractivity contribution in [2.45, 2.75) is 27.2 Å². The molecule has 12 heteroatoms. The van der Waals surface area contributed by atoms with Gasteiger partial charge in [-0.05, 0) is 38.8 Å². The third-order valence-electron chi connectivity index (χ3n) is 5.12. The molecular formula is C23H29N5O5S2. The van der Waals surface area contributed by atoms with Crippen LogP contribution in [0.15, 0.2) is 23.1 Å². The van der Waals surface area contributed by atoms with Crippen molar-refractivity contribution in [1.29, 1.82) is 0 Å². The third kappa shape index (κ3) is 6.59. The number of aliphatic imine (C=N–C) groups is 1. The normalized spacial score (nSPS) is 14.5. The minimum absolute atomic E-state index is 0.0192. The number of anilines is 1. The van der Waals surface area contributed by atoms with Gasteiger partial charge in [0.05, 0.1) is 24.1 Å². The Kier molecular flexibility index (Phi) is 9.24. The molecule has 0 fully saturated rings. The number of ether oxygens (including phenoxy) is 2. The number of methoxy groups -OCH3 is 1. The van der Waals surface area contributed by atoms with Crippen LogP contribution in [0.1, 0.15) is 39.7 Å². The van der Waals surface area contributed by atoms with Crippen molar-refractivity contribution in [3.63, 3.8) is 0 Å². The lowest BCUT2D eigenvalue weighted by Crippen LogP contribution is -2.32. The molecule has 0 unspecified atom stereocenters. The first-order valence-corrected chi connectivity index (χ1v) is 12.8. The number of thioether (sulfide) groups is 1. The zero-order valence-corrected chi connectivity index (χ0v) is 22.0. The summed E-state index contributed by atoms with van der Waals surface area (Å²) in [7, 11) is 3.40. The number of hydrogen-bond donors (Lipinski definition) is 1. The second kappa shape index (κ2) is 12.1. The molecule has 1 aliphatic rings. The number of rotatable bonds is 10. The molecule has 0 radical (unpaired) electrons. The SMILES string of the molecule is CCOC(=O)c1c(NC(=O)CSC2=N/C(=C/c3cnn(C)c3)C(=O)N2CCCOC)sc(C)c1C. The summed E-state index contributed by atoms with van der Waals surface area (Å²) in [4.78, 5) is 45.1. The maximum Gasteiger partial charge on any atom is 0.341 e. The monoisotopic (exact) mass is 519 g/mol. The molecule has 188 valence electrons. The molecule has 1 N–H and O–H groups in total. The molecule has 1 aliphatic heterocycles. The number of carbonyl (C=O) groups excluding carboxylic acids is 3. The van der Waals surface area contributed by atoms with Gasteiger partial charge >= 0.3 is 5.97 Å². The Labute approximate surface area is 212 Å². The van der Waals surface area contributed by atoms with Crippen molar-refractivity contribution >= 4 is 57.1 Å². The number of amidine groups is 1. The van der Waals surface area contributed by atoms with Crippen LogP contribution >= 0.6 is 23.1 Å². The van der Waals surface area contributed by atoms with E-state index < -0.39 is 5.97 Å². The second-order valence-electron chi connectivity index (χ2n) is 7.72. The largest absolute Gasteiger partial charge is 0.462 e. The van der Waals surface area contributed by atoms with E-state index in [9.17, 15) is 14.4 Å². The van der Waals surface area contributed by atoms with Gasteiger partial charge in [-0.2, -0.15) is 5.10 Å². The van der Waals surface area contributed by atoms with Gasteiger partial charge in [-0.3, -0.25) is 19.2 Å². The van der Waals surface area contributed by atoms with Crippen molar-refractivity contribution in [1.82, 2.24) is 14.7 Å². The highest BCUT2D eigenvalue weighted by Crippen LogP contribution is 2.33. The number of thiophene rings is 1. The molecule has 0 bridgehead atoms. The molecule has 2 amide bonds. The van der Waals surface area contributed by atoms with Gasteiger partial charge in [-0.1, -0.05) is 11.8 Å². The van der Waals surface area contributed by atoms with Crippen LogP contribution in [0.5, 0.6) is 0 Å². The molecule has 2 aromatic heterocycles. The van der Waals surface area contributed by atoms with Crippen LogP contribution in [0.25, 0.3) is 6.08 Å². The predicted octanol–water partition coefficient (Wildman–Crippen LogP) is 3.22. The quantitative estimate of drug-likeness (QED) is 0.291. The molecule has 10 nitrogen and oxygen atoms in total. The first-order valence-electron chi connectivity index (χ1n) is 11.0. The van der Waals surface area contributed by atoms with Crippen molar-refractivity contribution < 1.29 is 23.9 Å². The fourth-order valence-corrected chi connectivity index (χ4v) is 5.22. The summed E-state index contributed by atoms with van der Waals surface area (Å²) in [5.74, 6) is -0.983. The average Bonchev–Trinajstić information content (AvgIpc) is 3.44. The molecular weight excluding hydrogens is 490 g/mol. The lowest BCUT2D eigenvalue weighted by Gasteiger charge is -2.17. The maximum atomic E-state index is 13.0. The minimum atomic E-state index is -0.461. The minimum Gasteiger partial charge on any atom is -0.462 e. The number of aromatic nitrogens is 2. The van der Waals surface area contributed by atoms with Crippen LogP contribution in [0.3, 0.4) is 0 Å². The Bertz CT molecular complexity index is 1170. The van der Waals surface area contributed by atoms with Gasteiger partial charge in [0.25, 0.3) is 5.91 Å².